The number of aliphatic imine (C=N–C) groups is 1. The predicted octanol–water partition coefficient (Wildman–Crippen LogP) is 2.33. The molecule has 0 aromatic heterocycles. The van der Waals surface area contributed by atoms with E-state index in [1.165, 1.54) is 6.20 Å². The van der Waals surface area contributed by atoms with Crippen LogP contribution in [-0.2, 0) is 0 Å². The van der Waals surface area contributed by atoms with Gasteiger partial charge in [0, 0.05) is 12.4 Å². The van der Waals surface area contributed by atoms with Crippen LogP contribution in [0.25, 0.3) is 0 Å². The van der Waals surface area contributed by atoms with Gasteiger partial charge in [0.05, 0.1) is 0 Å². The van der Waals surface area contributed by atoms with Crippen molar-refractivity contribution in [1.82, 2.24) is 0 Å². The molecule has 0 aromatic carbocycles. The zero-order valence-electron chi connectivity index (χ0n) is 5.72. The summed E-state index contributed by atoms with van der Waals surface area (Å²) < 4.78 is 0. The summed E-state index contributed by atoms with van der Waals surface area (Å²) in [4.78, 5) is 3.77. The second-order valence-electron chi connectivity index (χ2n) is 1.77. The molecule has 0 amide bonds. The lowest BCUT2D eigenvalue weighted by atomic mass is 10.2. The molecule has 0 N–H and O–H groups in total. The van der Waals surface area contributed by atoms with E-state index < -0.39 is 0 Å². The van der Waals surface area contributed by atoms with E-state index in [4.69, 9.17) is 0 Å². The van der Waals surface area contributed by atoms with E-state index in [1.54, 1.807) is 6.21 Å². The molecule has 0 fully saturated rings. The van der Waals surface area contributed by atoms with Gasteiger partial charge in [-0.2, -0.15) is 0 Å². The molecule has 0 atom stereocenters. The molecule has 0 unspecified atom stereocenters. The average molecular weight is 121 g/mol. The van der Waals surface area contributed by atoms with Gasteiger partial charge in [0.1, 0.15) is 0 Å². The molecule has 0 heterocycles. The Hall–Kier alpha value is -1.11. The van der Waals surface area contributed by atoms with Crippen molar-refractivity contribution < 1.29 is 0 Å². The van der Waals surface area contributed by atoms with Crippen molar-refractivity contribution in [2.75, 3.05) is 0 Å². The fourth-order valence-corrected chi connectivity index (χ4v) is 0.253. The Balaban J connectivity index is 3.92. The Morgan fingerprint density at radius 2 is 2.00 bits per heavy atom. The average Bonchev–Trinajstić information content (AvgIpc) is 1.82. The van der Waals surface area contributed by atoms with Gasteiger partial charge in [-0.05, 0) is 12.5 Å². The van der Waals surface area contributed by atoms with E-state index >= 15 is 0 Å². The Morgan fingerprint density at radius 1 is 1.44 bits per heavy atom. The number of nitrogens with zero attached hydrogens (tertiary/aromatic N) is 1. The van der Waals surface area contributed by atoms with Gasteiger partial charge < -0.3 is 0 Å². The molecule has 0 aliphatic rings. The molecule has 0 rings (SSSR count). The van der Waals surface area contributed by atoms with Crippen molar-refractivity contribution in [1.29, 1.82) is 0 Å². The van der Waals surface area contributed by atoms with E-state index in [0.29, 0.717) is 0 Å². The third kappa shape index (κ3) is 3.47. The zero-order chi connectivity index (χ0) is 7.28. The standard InChI is InChI=1S/C8H11N/c1-5-9-6-8(4)7(2)3/h5-6H,1-2,4H2,3H3. The third-order valence-electron chi connectivity index (χ3n) is 0.884. The Labute approximate surface area is 56.1 Å². The van der Waals surface area contributed by atoms with E-state index in [-0.39, 0.29) is 0 Å². The Kier molecular flexibility index (Phi) is 3.37. The van der Waals surface area contributed by atoms with Crippen LogP contribution in [-0.4, -0.2) is 6.21 Å². The molecule has 0 bridgehead atoms. The summed E-state index contributed by atoms with van der Waals surface area (Å²) in [5, 5.41) is 0. The third-order valence-corrected chi connectivity index (χ3v) is 0.884. The summed E-state index contributed by atoms with van der Waals surface area (Å²) in [5.74, 6) is 0. The number of allylic oxidation sites excluding steroid dienone is 2. The van der Waals surface area contributed by atoms with E-state index in [0.717, 1.165) is 11.1 Å². The van der Waals surface area contributed by atoms with E-state index in [2.05, 4.69) is 24.7 Å². The molecule has 0 saturated carbocycles. The van der Waals surface area contributed by atoms with Gasteiger partial charge in [-0.15, -0.1) is 0 Å². The van der Waals surface area contributed by atoms with Crippen molar-refractivity contribution >= 4 is 6.21 Å². The zero-order valence-corrected chi connectivity index (χ0v) is 5.72. The first-order chi connectivity index (χ1) is 4.18. The van der Waals surface area contributed by atoms with Crippen molar-refractivity contribution in [3.05, 3.63) is 37.1 Å². The monoisotopic (exact) mass is 121 g/mol. The van der Waals surface area contributed by atoms with Gasteiger partial charge >= 0.3 is 0 Å². The smallest absolute Gasteiger partial charge is 0.0336 e. The minimum absolute atomic E-state index is 0.843. The Morgan fingerprint density at radius 3 is 2.33 bits per heavy atom. The lowest BCUT2D eigenvalue weighted by Crippen LogP contribution is -1.80. The van der Waals surface area contributed by atoms with Gasteiger partial charge in [-0.1, -0.05) is 25.3 Å². The number of hydrogen-bond acceptors (Lipinski definition) is 1. The molecule has 0 spiro atoms. The highest BCUT2D eigenvalue weighted by atomic mass is 14.7. The first-order valence-corrected chi connectivity index (χ1v) is 2.67. The summed E-state index contributed by atoms with van der Waals surface area (Å²) >= 11 is 0. The molecule has 0 saturated heterocycles. The molecule has 0 radical (unpaired) electrons. The summed E-state index contributed by atoms with van der Waals surface area (Å²) in [6, 6.07) is 0. The second kappa shape index (κ2) is 3.84. The van der Waals surface area contributed by atoms with Gasteiger partial charge in [0.2, 0.25) is 0 Å². The molecular formula is C8H11N. The van der Waals surface area contributed by atoms with Crippen LogP contribution in [0.3, 0.4) is 0 Å². The summed E-state index contributed by atoms with van der Waals surface area (Å²) in [6.45, 7) is 12.7. The highest BCUT2D eigenvalue weighted by molar-refractivity contribution is 5.83. The Bertz CT molecular complexity index is 163. The summed E-state index contributed by atoms with van der Waals surface area (Å²) in [5.41, 5.74) is 1.77. The summed E-state index contributed by atoms with van der Waals surface area (Å²) in [6.07, 6.45) is 3.10. The maximum absolute atomic E-state index is 3.77. The first kappa shape index (κ1) is 7.89. The fraction of sp³-hybridized carbons (Fsp3) is 0.125. The molecule has 1 heteroatoms. The fourth-order valence-electron chi connectivity index (χ4n) is 0.253. The molecule has 48 valence electrons. The maximum Gasteiger partial charge on any atom is 0.0336 e. The molecule has 1 nitrogen and oxygen atoms in total. The molecular weight excluding hydrogens is 110 g/mol. The van der Waals surface area contributed by atoms with E-state index in [1.807, 2.05) is 6.92 Å². The molecule has 0 aliphatic carbocycles. The lowest BCUT2D eigenvalue weighted by Gasteiger charge is -1.91. The molecule has 9 heavy (non-hydrogen) atoms. The van der Waals surface area contributed by atoms with Crippen molar-refractivity contribution in [2.24, 2.45) is 4.99 Å². The minimum Gasteiger partial charge on any atom is -0.265 e. The highest BCUT2D eigenvalue weighted by Crippen LogP contribution is 1.98. The van der Waals surface area contributed by atoms with Crippen molar-refractivity contribution in [3.8, 4) is 0 Å². The first-order valence-electron chi connectivity index (χ1n) is 2.67. The van der Waals surface area contributed by atoms with Crippen LogP contribution < -0.4 is 0 Å². The van der Waals surface area contributed by atoms with Crippen LogP contribution in [0.2, 0.25) is 0 Å². The number of hydrogen-bond donors (Lipinski definition) is 0. The lowest BCUT2D eigenvalue weighted by molar-refractivity contribution is 1.50. The van der Waals surface area contributed by atoms with Crippen molar-refractivity contribution in [2.45, 2.75) is 6.92 Å². The quantitative estimate of drug-likeness (QED) is 0.401. The maximum atomic E-state index is 3.77. The van der Waals surface area contributed by atoms with Crippen LogP contribution in [0.1, 0.15) is 6.92 Å². The second-order valence-corrected chi connectivity index (χ2v) is 1.77. The van der Waals surface area contributed by atoms with E-state index in [9.17, 15) is 0 Å². The van der Waals surface area contributed by atoms with Crippen LogP contribution in [0.5, 0.6) is 0 Å². The summed E-state index contributed by atoms with van der Waals surface area (Å²) in [7, 11) is 0. The van der Waals surface area contributed by atoms with Gasteiger partial charge in [-0.3, -0.25) is 4.99 Å². The molecule has 0 aromatic rings. The normalized spacial score (nSPS) is 9.44. The van der Waals surface area contributed by atoms with Crippen LogP contribution in [0.4, 0.5) is 0 Å². The van der Waals surface area contributed by atoms with Gasteiger partial charge in [0.15, 0.2) is 0 Å². The highest BCUT2D eigenvalue weighted by Gasteiger charge is 1.84. The largest absolute Gasteiger partial charge is 0.265 e. The van der Waals surface area contributed by atoms with Crippen LogP contribution >= 0.6 is 0 Å². The molecule has 0 aliphatic heterocycles. The minimum atomic E-state index is 0.843. The van der Waals surface area contributed by atoms with Gasteiger partial charge in [-0.25, -0.2) is 0 Å². The van der Waals surface area contributed by atoms with Gasteiger partial charge in [0.25, 0.3) is 0 Å². The SMILES string of the molecule is C=CN=CC(=C)C(=C)C. The van der Waals surface area contributed by atoms with Crippen molar-refractivity contribution in [3.63, 3.8) is 0 Å². The van der Waals surface area contributed by atoms with Crippen LogP contribution in [0.15, 0.2) is 42.1 Å². The predicted molar refractivity (Wildman–Crippen MR) is 42.6 cm³/mol. The topological polar surface area (TPSA) is 12.4 Å². The number of rotatable bonds is 3. The van der Waals surface area contributed by atoms with Crippen LogP contribution in [0, 0.1) is 0 Å².